The van der Waals surface area contributed by atoms with Gasteiger partial charge in [-0.15, -0.1) is 11.3 Å². The van der Waals surface area contributed by atoms with Crippen LogP contribution in [0.25, 0.3) is 10.2 Å². The number of hydrogen-bond donors (Lipinski definition) is 2. The van der Waals surface area contributed by atoms with Gasteiger partial charge in [0.2, 0.25) is 0 Å². The lowest BCUT2D eigenvalue weighted by Crippen LogP contribution is -2.42. The molecule has 0 aromatic carbocycles. The Morgan fingerprint density at radius 3 is 2.52 bits per heavy atom. The third-order valence-electron chi connectivity index (χ3n) is 6.56. The van der Waals surface area contributed by atoms with Crippen LogP contribution in [0.15, 0.2) is 6.07 Å². The fourth-order valence-corrected chi connectivity index (χ4v) is 5.74. The summed E-state index contributed by atoms with van der Waals surface area (Å²) >= 11 is 1.26. The fraction of sp³-hybridized carbons (Fsp3) is 0.625. The maximum Gasteiger partial charge on any atom is 0.410 e. The van der Waals surface area contributed by atoms with Gasteiger partial charge in [0.05, 0.1) is 5.69 Å². The molecule has 2 aliphatic heterocycles. The predicted octanol–water partition coefficient (Wildman–Crippen LogP) is 4.33. The van der Waals surface area contributed by atoms with E-state index in [1.54, 1.807) is 4.90 Å². The van der Waals surface area contributed by atoms with Crippen LogP contribution in [0.2, 0.25) is 0 Å². The summed E-state index contributed by atoms with van der Waals surface area (Å²) in [5.41, 5.74) is 12.9. The molecular weight excluding hydrogens is 438 g/mol. The van der Waals surface area contributed by atoms with Crippen LogP contribution in [0.3, 0.4) is 0 Å². The van der Waals surface area contributed by atoms with Gasteiger partial charge in [0.1, 0.15) is 21.1 Å². The van der Waals surface area contributed by atoms with E-state index < -0.39 is 11.5 Å². The van der Waals surface area contributed by atoms with E-state index in [9.17, 15) is 9.59 Å². The van der Waals surface area contributed by atoms with Crippen molar-refractivity contribution < 1.29 is 14.3 Å². The van der Waals surface area contributed by atoms with Crippen LogP contribution in [0.1, 0.15) is 74.5 Å². The lowest BCUT2D eigenvalue weighted by molar-refractivity contribution is 0.0198. The van der Waals surface area contributed by atoms with Crippen LogP contribution in [0, 0.1) is 5.92 Å². The topological polar surface area (TPSA) is 115 Å². The maximum absolute atomic E-state index is 12.8. The van der Waals surface area contributed by atoms with Gasteiger partial charge in [-0.25, -0.2) is 9.78 Å². The van der Waals surface area contributed by atoms with E-state index in [4.69, 9.17) is 21.2 Å². The third-order valence-corrected chi connectivity index (χ3v) is 7.67. The molecule has 2 amide bonds. The smallest absolute Gasteiger partial charge is 0.410 e. The fourth-order valence-electron chi connectivity index (χ4n) is 4.76. The van der Waals surface area contributed by atoms with Crippen molar-refractivity contribution in [1.29, 1.82) is 0 Å². The molecule has 0 aliphatic carbocycles. The Morgan fingerprint density at radius 1 is 1.18 bits per heavy atom. The zero-order valence-electron chi connectivity index (χ0n) is 20.0. The van der Waals surface area contributed by atoms with Crippen LogP contribution in [0.5, 0.6) is 0 Å². The number of hydrogen-bond acceptors (Lipinski definition) is 7. The number of carbonyl (C=O) groups excluding carboxylic acids is 2. The van der Waals surface area contributed by atoms with Crippen molar-refractivity contribution in [3.63, 3.8) is 0 Å². The minimum Gasteiger partial charge on any atom is -0.444 e. The molecule has 4 N–H and O–H groups in total. The Balaban J connectivity index is 1.73. The summed E-state index contributed by atoms with van der Waals surface area (Å²) in [6, 6.07) is 2.12. The molecule has 4 heterocycles. The standard InChI is InChI=1S/C24H35N5O3S/c1-14-7-10-28(11-8-14)17-12-16(18-19(25)20(21(26)30)33-22(18)27-17)15-6-5-9-29(13-15)23(31)32-24(2,3)4/h12,14-15H,5-11,13,25H2,1-4H3,(H2,26,30). The molecule has 2 aliphatic rings. The monoisotopic (exact) mass is 473 g/mol. The molecule has 2 saturated heterocycles. The summed E-state index contributed by atoms with van der Waals surface area (Å²) in [5, 5.41) is 0.805. The molecule has 180 valence electrons. The molecule has 0 radical (unpaired) electrons. The molecule has 8 nitrogen and oxygen atoms in total. The number of nitrogen functional groups attached to an aromatic ring is 1. The van der Waals surface area contributed by atoms with Crippen molar-refractivity contribution >= 4 is 45.1 Å². The lowest BCUT2D eigenvalue weighted by Gasteiger charge is -2.35. The van der Waals surface area contributed by atoms with Crippen LogP contribution >= 0.6 is 11.3 Å². The first-order valence-corrected chi connectivity index (χ1v) is 12.6. The minimum absolute atomic E-state index is 0.0804. The van der Waals surface area contributed by atoms with E-state index >= 15 is 0 Å². The molecule has 4 rings (SSSR count). The van der Waals surface area contributed by atoms with Crippen LogP contribution in [-0.2, 0) is 4.74 Å². The van der Waals surface area contributed by atoms with Crippen molar-refractivity contribution in [2.75, 3.05) is 36.8 Å². The van der Waals surface area contributed by atoms with Gasteiger partial charge in [-0.2, -0.15) is 0 Å². The number of anilines is 2. The summed E-state index contributed by atoms with van der Waals surface area (Å²) in [6.45, 7) is 11.0. The van der Waals surface area contributed by atoms with Gasteiger partial charge in [-0.1, -0.05) is 6.92 Å². The van der Waals surface area contributed by atoms with Crippen LogP contribution in [0.4, 0.5) is 16.3 Å². The number of primary amides is 1. The number of fused-ring (bicyclic) bond motifs is 1. The van der Waals surface area contributed by atoms with Gasteiger partial charge < -0.3 is 26.0 Å². The minimum atomic E-state index is -0.541. The number of aromatic nitrogens is 1. The van der Waals surface area contributed by atoms with Crippen molar-refractivity contribution in [2.24, 2.45) is 11.7 Å². The van der Waals surface area contributed by atoms with E-state index in [0.29, 0.717) is 29.6 Å². The van der Waals surface area contributed by atoms with Crippen molar-refractivity contribution in [3.05, 3.63) is 16.5 Å². The van der Waals surface area contributed by atoms with Crippen LogP contribution < -0.4 is 16.4 Å². The quantitative estimate of drug-likeness (QED) is 0.686. The van der Waals surface area contributed by atoms with Crippen molar-refractivity contribution in [3.8, 4) is 0 Å². The maximum atomic E-state index is 12.8. The number of nitrogens with two attached hydrogens (primary N) is 2. The molecule has 2 aromatic rings. The first kappa shape index (κ1) is 23.6. The van der Waals surface area contributed by atoms with Crippen molar-refractivity contribution in [1.82, 2.24) is 9.88 Å². The Morgan fingerprint density at radius 2 is 1.88 bits per heavy atom. The van der Waals surface area contributed by atoms with E-state index in [-0.39, 0.29) is 12.0 Å². The second-order valence-electron chi connectivity index (χ2n) is 10.4. The summed E-state index contributed by atoms with van der Waals surface area (Å²) in [4.78, 5) is 34.9. The van der Waals surface area contributed by atoms with E-state index in [0.717, 1.165) is 60.4 Å². The average Bonchev–Trinajstić information content (AvgIpc) is 3.09. The number of amides is 2. The van der Waals surface area contributed by atoms with E-state index in [2.05, 4.69) is 17.9 Å². The summed E-state index contributed by atoms with van der Waals surface area (Å²) in [7, 11) is 0. The first-order chi connectivity index (χ1) is 15.5. The highest BCUT2D eigenvalue weighted by Gasteiger charge is 2.31. The second-order valence-corrected chi connectivity index (χ2v) is 11.4. The molecule has 1 atom stereocenters. The number of thiophene rings is 1. The van der Waals surface area contributed by atoms with Gasteiger partial charge in [0.25, 0.3) is 5.91 Å². The number of piperidine rings is 2. The zero-order valence-corrected chi connectivity index (χ0v) is 20.8. The first-order valence-electron chi connectivity index (χ1n) is 11.8. The lowest BCUT2D eigenvalue weighted by atomic mass is 9.88. The largest absolute Gasteiger partial charge is 0.444 e. The summed E-state index contributed by atoms with van der Waals surface area (Å²) < 4.78 is 5.62. The van der Waals surface area contributed by atoms with Gasteiger partial charge in [-0.3, -0.25) is 4.79 Å². The number of pyridine rings is 1. The molecule has 2 aromatic heterocycles. The van der Waals surface area contributed by atoms with Gasteiger partial charge in [-0.05, 0) is 64.0 Å². The number of likely N-dealkylation sites (tertiary alicyclic amines) is 1. The summed E-state index contributed by atoms with van der Waals surface area (Å²) in [5.74, 6) is 1.17. The van der Waals surface area contributed by atoms with Gasteiger partial charge in [0.15, 0.2) is 0 Å². The molecule has 33 heavy (non-hydrogen) atoms. The predicted molar refractivity (Wildman–Crippen MR) is 133 cm³/mol. The molecule has 2 fully saturated rings. The number of nitrogens with zero attached hydrogens (tertiary/aromatic N) is 3. The Hall–Kier alpha value is -2.55. The van der Waals surface area contributed by atoms with Crippen molar-refractivity contribution in [2.45, 2.75) is 64.9 Å². The highest BCUT2D eigenvalue weighted by atomic mass is 32.1. The Kier molecular flexibility index (Phi) is 6.44. The van der Waals surface area contributed by atoms with Crippen LogP contribution in [-0.4, -0.2) is 53.7 Å². The normalized spacial score (nSPS) is 20.3. The molecular formula is C24H35N5O3S. The second kappa shape index (κ2) is 9.00. The van der Waals surface area contributed by atoms with Gasteiger partial charge in [0, 0.05) is 37.5 Å². The summed E-state index contributed by atoms with van der Waals surface area (Å²) in [6.07, 6.45) is 3.76. The average molecular weight is 474 g/mol. The third kappa shape index (κ3) is 5.03. The molecule has 0 spiro atoms. The molecule has 9 heteroatoms. The van der Waals surface area contributed by atoms with Gasteiger partial charge >= 0.3 is 6.09 Å². The Bertz CT molecular complexity index is 1050. The molecule has 1 unspecified atom stereocenters. The van der Waals surface area contributed by atoms with E-state index in [1.165, 1.54) is 11.3 Å². The van der Waals surface area contributed by atoms with E-state index in [1.807, 2.05) is 20.8 Å². The highest BCUT2D eigenvalue weighted by molar-refractivity contribution is 7.21. The number of ether oxygens (including phenoxy) is 1. The SMILES string of the molecule is CC1CCN(c2cc(C3CCCN(C(=O)OC(C)(C)C)C3)c3c(N)c(C(N)=O)sc3n2)CC1. The zero-order chi connectivity index (χ0) is 23.9. The number of rotatable bonds is 3. The highest BCUT2D eigenvalue weighted by Crippen LogP contribution is 2.42. The number of carbonyl (C=O) groups is 2. The Labute approximate surface area is 199 Å². The molecule has 0 bridgehead atoms. The molecule has 0 saturated carbocycles.